The van der Waals surface area contributed by atoms with Crippen LogP contribution in [0.2, 0.25) is 0 Å². The number of urea groups is 1. The van der Waals surface area contributed by atoms with Crippen LogP contribution in [0.5, 0.6) is 0 Å². The van der Waals surface area contributed by atoms with Crippen LogP contribution in [0.15, 0.2) is 24.5 Å². The average Bonchev–Trinajstić information content (AvgIpc) is 3.03. The summed E-state index contributed by atoms with van der Waals surface area (Å²) in [4.78, 5) is 16.4. The van der Waals surface area contributed by atoms with Gasteiger partial charge in [-0.3, -0.25) is 5.32 Å². The highest BCUT2D eigenvalue weighted by Gasteiger charge is 2.53. The quantitative estimate of drug-likeness (QED) is 0.858. The van der Waals surface area contributed by atoms with Gasteiger partial charge in [-0.25, -0.2) is 14.5 Å². The van der Waals surface area contributed by atoms with Gasteiger partial charge >= 0.3 is 6.03 Å². The number of aryl methyl sites for hydroxylation is 1. The molecule has 8 heteroatoms. The van der Waals surface area contributed by atoms with Gasteiger partial charge in [0.1, 0.15) is 6.07 Å². The van der Waals surface area contributed by atoms with Crippen molar-refractivity contribution in [2.75, 3.05) is 5.32 Å². The van der Waals surface area contributed by atoms with Gasteiger partial charge in [0.15, 0.2) is 11.6 Å². The summed E-state index contributed by atoms with van der Waals surface area (Å²) in [5, 5.41) is 18.9. The van der Waals surface area contributed by atoms with Crippen LogP contribution in [-0.4, -0.2) is 38.5 Å². The third-order valence-electron chi connectivity index (χ3n) is 4.24. The topological polar surface area (TPSA) is 105 Å². The molecule has 2 N–H and O–H groups in total. The van der Waals surface area contributed by atoms with Gasteiger partial charge in [0.05, 0.1) is 23.3 Å². The highest BCUT2D eigenvalue weighted by Crippen LogP contribution is 2.40. The lowest BCUT2D eigenvalue weighted by molar-refractivity contribution is -0.00450. The molecular formula is C18H22N6O2. The van der Waals surface area contributed by atoms with E-state index in [1.807, 2.05) is 33.8 Å². The van der Waals surface area contributed by atoms with Crippen molar-refractivity contribution in [3.8, 4) is 11.9 Å². The van der Waals surface area contributed by atoms with Crippen molar-refractivity contribution in [1.29, 1.82) is 5.26 Å². The van der Waals surface area contributed by atoms with Gasteiger partial charge in [-0.05, 0) is 39.8 Å². The maximum absolute atomic E-state index is 12.2. The summed E-state index contributed by atoms with van der Waals surface area (Å²) in [5.41, 5.74) is 0.988. The zero-order valence-corrected chi connectivity index (χ0v) is 15.3. The third kappa shape index (κ3) is 3.83. The van der Waals surface area contributed by atoms with E-state index in [0.717, 1.165) is 12.0 Å². The van der Waals surface area contributed by atoms with E-state index in [2.05, 4.69) is 20.7 Å². The van der Waals surface area contributed by atoms with Gasteiger partial charge in [0.2, 0.25) is 0 Å². The van der Waals surface area contributed by atoms with Crippen molar-refractivity contribution in [1.82, 2.24) is 20.1 Å². The molecule has 1 fully saturated rings. The lowest BCUT2D eigenvalue weighted by Crippen LogP contribution is -2.36. The summed E-state index contributed by atoms with van der Waals surface area (Å²) < 4.78 is 7.39. The number of amides is 2. The Bertz CT molecular complexity index is 852. The van der Waals surface area contributed by atoms with E-state index < -0.39 is 0 Å². The molecule has 1 saturated carbocycles. The van der Waals surface area contributed by atoms with Gasteiger partial charge < -0.3 is 10.1 Å². The van der Waals surface area contributed by atoms with Crippen molar-refractivity contribution >= 4 is 11.8 Å². The Kier molecular flexibility index (Phi) is 4.66. The smallest absolute Gasteiger partial charge is 0.320 e. The molecule has 1 aliphatic rings. The van der Waals surface area contributed by atoms with E-state index in [4.69, 9.17) is 10.00 Å². The molecule has 2 atom stereocenters. The van der Waals surface area contributed by atoms with E-state index in [1.165, 1.54) is 6.20 Å². The Morgan fingerprint density at radius 2 is 2.27 bits per heavy atom. The SMILES string of the molecule is Cc1cn(-c2ccc(C#N)cn2)nc1NC(=O)N[C@@H]1C[C@]1(C)OC(C)C. The third-order valence-corrected chi connectivity index (χ3v) is 4.24. The molecule has 0 unspecified atom stereocenters. The van der Waals surface area contributed by atoms with Crippen LogP contribution >= 0.6 is 0 Å². The molecule has 2 amide bonds. The summed E-state index contributed by atoms with van der Waals surface area (Å²) in [6.07, 6.45) is 4.16. The van der Waals surface area contributed by atoms with Gasteiger partial charge in [-0.2, -0.15) is 5.26 Å². The Morgan fingerprint density at radius 1 is 1.50 bits per heavy atom. The predicted molar refractivity (Wildman–Crippen MR) is 96.0 cm³/mol. The summed E-state index contributed by atoms with van der Waals surface area (Å²) in [6, 6.07) is 5.07. The highest BCUT2D eigenvalue weighted by atomic mass is 16.5. The zero-order chi connectivity index (χ0) is 18.9. The molecule has 0 aliphatic heterocycles. The number of nitrogens with zero attached hydrogens (tertiary/aromatic N) is 4. The second-order valence-electron chi connectivity index (χ2n) is 6.96. The van der Waals surface area contributed by atoms with Crippen molar-refractivity contribution in [3.05, 3.63) is 35.7 Å². The number of rotatable bonds is 5. The molecule has 136 valence electrons. The number of carbonyl (C=O) groups is 1. The zero-order valence-electron chi connectivity index (χ0n) is 15.3. The molecule has 0 aromatic carbocycles. The van der Waals surface area contributed by atoms with Crippen LogP contribution in [0.25, 0.3) is 5.82 Å². The van der Waals surface area contributed by atoms with Gasteiger partial charge in [-0.1, -0.05) is 0 Å². The fourth-order valence-electron chi connectivity index (χ4n) is 2.81. The van der Waals surface area contributed by atoms with E-state index >= 15 is 0 Å². The fraction of sp³-hybridized carbons (Fsp3) is 0.444. The van der Waals surface area contributed by atoms with Crippen molar-refractivity contribution in [2.24, 2.45) is 0 Å². The number of hydrogen-bond donors (Lipinski definition) is 2. The van der Waals surface area contributed by atoms with Crippen LogP contribution in [-0.2, 0) is 4.74 Å². The fourth-order valence-corrected chi connectivity index (χ4v) is 2.81. The van der Waals surface area contributed by atoms with Crippen LogP contribution in [0.4, 0.5) is 10.6 Å². The maximum atomic E-state index is 12.2. The van der Waals surface area contributed by atoms with Gasteiger partial charge in [0.25, 0.3) is 0 Å². The van der Waals surface area contributed by atoms with Crippen LogP contribution < -0.4 is 10.6 Å². The van der Waals surface area contributed by atoms with Crippen molar-refractivity contribution < 1.29 is 9.53 Å². The molecule has 0 spiro atoms. The first-order valence-corrected chi connectivity index (χ1v) is 8.49. The lowest BCUT2D eigenvalue weighted by Gasteiger charge is -2.16. The second kappa shape index (κ2) is 6.77. The first-order chi connectivity index (χ1) is 12.3. The predicted octanol–water partition coefficient (Wildman–Crippen LogP) is 2.52. The summed E-state index contributed by atoms with van der Waals surface area (Å²) in [6.45, 7) is 7.81. The van der Waals surface area contributed by atoms with Gasteiger partial charge in [0, 0.05) is 24.4 Å². The molecule has 26 heavy (non-hydrogen) atoms. The molecule has 8 nitrogen and oxygen atoms in total. The number of anilines is 1. The van der Waals surface area contributed by atoms with Crippen molar-refractivity contribution in [3.63, 3.8) is 0 Å². The summed E-state index contributed by atoms with van der Waals surface area (Å²) in [5.74, 6) is 1.03. The molecule has 2 aromatic rings. The van der Waals surface area contributed by atoms with E-state index in [1.54, 1.807) is 23.0 Å². The van der Waals surface area contributed by atoms with E-state index in [9.17, 15) is 4.79 Å². The number of nitrogens with one attached hydrogen (secondary N) is 2. The Labute approximate surface area is 152 Å². The maximum Gasteiger partial charge on any atom is 0.320 e. The number of nitriles is 1. The minimum atomic E-state index is -0.313. The Hall–Kier alpha value is -2.92. The number of aromatic nitrogens is 3. The highest BCUT2D eigenvalue weighted by molar-refractivity contribution is 5.89. The summed E-state index contributed by atoms with van der Waals surface area (Å²) in [7, 11) is 0. The molecular weight excluding hydrogens is 332 g/mol. The molecule has 0 saturated heterocycles. The minimum Gasteiger partial charge on any atom is -0.370 e. The first kappa shape index (κ1) is 17.9. The second-order valence-corrected chi connectivity index (χ2v) is 6.96. The summed E-state index contributed by atoms with van der Waals surface area (Å²) >= 11 is 0. The first-order valence-electron chi connectivity index (χ1n) is 8.49. The van der Waals surface area contributed by atoms with Crippen LogP contribution in [0, 0.1) is 18.3 Å². The molecule has 0 bridgehead atoms. The van der Waals surface area contributed by atoms with Crippen LogP contribution in [0.3, 0.4) is 0 Å². The molecule has 2 aromatic heterocycles. The molecule has 2 heterocycles. The molecule has 3 rings (SSSR count). The monoisotopic (exact) mass is 354 g/mol. The number of carbonyl (C=O) groups excluding carboxylic acids is 1. The largest absolute Gasteiger partial charge is 0.370 e. The Morgan fingerprint density at radius 3 is 2.88 bits per heavy atom. The van der Waals surface area contributed by atoms with Crippen molar-refractivity contribution in [2.45, 2.75) is 51.9 Å². The number of pyridine rings is 1. The minimum absolute atomic E-state index is 0.00696. The average molecular weight is 354 g/mol. The van der Waals surface area contributed by atoms with E-state index in [0.29, 0.717) is 17.2 Å². The molecule has 0 radical (unpaired) electrons. The molecule has 1 aliphatic carbocycles. The normalized spacial score (nSPS) is 21.3. The number of hydrogen-bond acceptors (Lipinski definition) is 5. The van der Waals surface area contributed by atoms with Gasteiger partial charge in [-0.15, -0.1) is 5.10 Å². The van der Waals surface area contributed by atoms with Crippen LogP contribution in [0.1, 0.15) is 38.3 Å². The standard InChI is InChI=1S/C18H22N6O2/c1-11(2)26-18(4)7-14(18)21-17(25)22-16-12(3)10-24(23-16)15-6-5-13(8-19)9-20-15/h5-6,9-11,14H,7H2,1-4H3,(H2,21,22,23,25)/t14-,18+/m1/s1. The van der Waals surface area contributed by atoms with E-state index in [-0.39, 0.29) is 23.8 Å². The lowest BCUT2D eigenvalue weighted by atomic mass is 10.3. The number of ether oxygens (including phenoxy) is 1. The Balaban J connectivity index is 1.63.